The highest BCUT2D eigenvalue weighted by atomic mass is 16.6. The first kappa shape index (κ1) is 12.8. The molecule has 18 heavy (non-hydrogen) atoms. The maximum Gasteiger partial charge on any atom is 0.334 e. The monoisotopic (exact) mass is 254 g/mol. The molecule has 1 fully saturated rings. The predicted octanol–water partition coefficient (Wildman–Crippen LogP) is 1.02. The zero-order valence-electron chi connectivity index (χ0n) is 11.0. The van der Waals surface area contributed by atoms with E-state index in [2.05, 4.69) is 5.10 Å². The molecule has 0 radical (unpaired) electrons. The van der Waals surface area contributed by atoms with E-state index in [1.807, 2.05) is 13.8 Å². The van der Waals surface area contributed by atoms with Gasteiger partial charge >= 0.3 is 5.69 Å². The average Bonchev–Trinajstić information content (AvgIpc) is 2.52. The molecule has 100 valence electrons. The Hall–Kier alpha value is -1.63. The minimum Gasteiger partial charge on any atom is -0.386 e. The van der Waals surface area contributed by atoms with Crippen molar-refractivity contribution in [2.75, 3.05) is 18.0 Å². The van der Waals surface area contributed by atoms with E-state index in [4.69, 9.17) is 0 Å². The van der Waals surface area contributed by atoms with Crippen LogP contribution in [0.5, 0.6) is 0 Å². The van der Waals surface area contributed by atoms with Gasteiger partial charge in [-0.05, 0) is 6.92 Å². The zero-order valence-corrected chi connectivity index (χ0v) is 11.0. The van der Waals surface area contributed by atoms with Crippen LogP contribution < -0.4 is 4.90 Å². The normalized spacial score (nSPS) is 18.0. The summed E-state index contributed by atoms with van der Waals surface area (Å²) in [7, 11) is 1.70. The van der Waals surface area contributed by atoms with Crippen molar-refractivity contribution >= 4 is 11.5 Å². The number of aliphatic hydroxyl groups is 1. The van der Waals surface area contributed by atoms with Gasteiger partial charge in [0.05, 0.1) is 10.5 Å². The third-order valence-electron chi connectivity index (χ3n) is 3.11. The highest BCUT2D eigenvalue weighted by molar-refractivity contribution is 5.64. The van der Waals surface area contributed by atoms with Gasteiger partial charge in [-0.1, -0.05) is 13.8 Å². The molecule has 1 N–H and O–H groups in total. The molecule has 0 unspecified atom stereocenters. The van der Waals surface area contributed by atoms with E-state index >= 15 is 0 Å². The van der Waals surface area contributed by atoms with Gasteiger partial charge in [-0.2, -0.15) is 5.10 Å². The van der Waals surface area contributed by atoms with Crippen molar-refractivity contribution in [3.63, 3.8) is 0 Å². The molecule has 2 rings (SSSR count). The van der Waals surface area contributed by atoms with Crippen molar-refractivity contribution in [1.29, 1.82) is 0 Å². The lowest BCUT2D eigenvalue weighted by Crippen LogP contribution is -2.60. The number of anilines is 1. The van der Waals surface area contributed by atoms with Crippen LogP contribution in [0, 0.1) is 10.1 Å². The van der Waals surface area contributed by atoms with Crippen LogP contribution in [-0.2, 0) is 7.05 Å². The molecule has 1 aromatic rings. The molecule has 1 aliphatic rings. The topological polar surface area (TPSA) is 84.4 Å². The molecule has 0 aromatic carbocycles. The van der Waals surface area contributed by atoms with Crippen molar-refractivity contribution in [1.82, 2.24) is 9.78 Å². The van der Waals surface area contributed by atoms with Gasteiger partial charge in [0.25, 0.3) is 0 Å². The van der Waals surface area contributed by atoms with Crippen LogP contribution in [0.3, 0.4) is 0 Å². The number of nitrogens with zero attached hydrogens (tertiary/aromatic N) is 4. The van der Waals surface area contributed by atoms with Gasteiger partial charge in [0.1, 0.15) is 5.69 Å². The summed E-state index contributed by atoms with van der Waals surface area (Å²) in [6, 6.07) is 0. The summed E-state index contributed by atoms with van der Waals surface area (Å²) in [6.45, 7) is 6.27. The Bertz CT molecular complexity index is 485. The molecule has 1 aromatic heterocycles. The molecule has 1 saturated heterocycles. The van der Waals surface area contributed by atoms with Crippen molar-refractivity contribution < 1.29 is 10.0 Å². The van der Waals surface area contributed by atoms with Crippen LogP contribution in [-0.4, -0.2) is 38.5 Å². The number of rotatable bonds is 3. The number of hydrogen-bond acceptors (Lipinski definition) is 5. The number of β-amino-alcohol motifs (C(OH)–C–C–N with tert-alkyl or cyclic N) is 1. The molecule has 7 nitrogen and oxygen atoms in total. The van der Waals surface area contributed by atoms with Gasteiger partial charge in [-0.25, -0.2) is 4.68 Å². The van der Waals surface area contributed by atoms with E-state index in [-0.39, 0.29) is 16.5 Å². The van der Waals surface area contributed by atoms with E-state index in [1.165, 1.54) is 4.68 Å². The Morgan fingerprint density at radius 2 is 2.06 bits per heavy atom. The van der Waals surface area contributed by atoms with Crippen molar-refractivity contribution in [3.8, 4) is 0 Å². The fraction of sp³-hybridized carbons (Fsp3) is 0.727. The van der Waals surface area contributed by atoms with Gasteiger partial charge < -0.3 is 10.0 Å². The zero-order chi connectivity index (χ0) is 13.7. The van der Waals surface area contributed by atoms with Crippen LogP contribution >= 0.6 is 0 Å². The minimum absolute atomic E-state index is 0.00728. The Morgan fingerprint density at radius 3 is 2.44 bits per heavy atom. The summed E-state index contributed by atoms with van der Waals surface area (Å²) < 4.78 is 1.53. The summed E-state index contributed by atoms with van der Waals surface area (Å²) in [5, 5.41) is 25.2. The maximum atomic E-state index is 11.2. The highest BCUT2D eigenvalue weighted by Gasteiger charge is 2.42. The summed E-state index contributed by atoms with van der Waals surface area (Å²) in [5.74, 6) is 0.474. The van der Waals surface area contributed by atoms with Crippen molar-refractivity contribution in [2.45, 2.75) is 32.3 Å². The fourth-order valence-corrected chi connectivity index (χ4v) is 2.37. The Labute approximate surface area is 105 Å². The lowest BCUT2D eigenvalue weighted by Gasteiger charge is -2.44. The molecular formula is C11H18N4O3. The summed E-state index contributed by atoms with van der Waals surface area (Å²) in [6.07, 6.45) is 0. The second kappa shape index (κ2) is 3.94. The molecule has 7 heteroatoms. The van der Waals surface area contributed by atoms with Crippen LogP contribution in [0.4, 0.5) is 11.5 Å². The SMILES string of the molecule is CC(C)c1nn(C)c(N2CC(C)(O)C2)c1[N+](=O)[O-]. The minimum atomic E-state index is -0.768. The molecular weight excluding hydrogens is 236 g/mol. The second-order valence-electron chi connectivity index (χ2n) is 5.45. The smallest absolute Gasteiger partial charge is 0.334 e. The quantitative estimate of drug-likeness (QED) is 0.643. The Balaban J connectivity index is 2.44. The number of hydrogen-bond donors (Lipinski definition) is 1. The van der Waals surface area contributed by atoms with E-state index in [0.717, 1.165) is 0 Å². The first-order valence-electron chi connectivity index (χ1n) is 5.91. The third-order valence-corrected chi connectivity index (χ3v) is 3.11. The summed E-state index contributed by atoms with van der Waals surface area (Å²) >= 11 is 0. The Morgan fingerprint density at radius 1 is 1.50 bits per heavy atom. The first-order chi connectivity index (χ1) is 8.23. The predicted molar refractivity (Wildman–Crippen MR) is 66.8 cm³/mol. The second-order valence-corrected chi connectivity index (χ2v) is 5.45. The van der Waals surface area contributed by atoms with Crippen molar-refractivity contribution in [3.05, 3.63) is 15.8 Å². The largest absolute Gasteiger partial charge is 0.386 e. The third kappa shape index (κ3) is 1.94. The molecule has 0 spiro atoms. The molecule has 0 bridgehead atoms. The van der Waals surface area contributed by atoms with Gasteiger partial charge in [0.15, 0.2) is 0 Å². The number of aromatic nitrogens is 2. The van der Waals surface area contributed by atoms with Crippen LogP contribution in [0.2, 0.25) is 0 Å². The molecule has 0 amide bonds. The summed E-state index contributed by atoms with van der Waals surface area (Å²) in [4.78, 5) is 12.6. The lowest BCUT2D eigenvalue weighted by molar-refractivity contribution is -0.385. The van der Waals surface area contributed by atoms with E-state index in [9.17, 15) is 15.2 Å². The van der Waals surface area contributed by atoms with Crippen LogP contribution in [0.15, 0.2) is 0 Å². The molecule has 1 aliphatic heterocycles. The lowest BCUT2D eigenvalue weighted by atomic mass is 9.96. The fourth-order valence-electron chi connectivity index (χ4n) is 2.37. The maximum absolute atomic E-state index is 11.2. The van der Waals surface area contributed by atoms with Gasteiger partial charge in [-0.3, -0.25) is 10.1 Å². The van der Waals surface area contributed by atoms with E-state index in [1.54, 1.807) is 18.9 Å². The average molecular weight is 254 g/mol. The number of aryl methyl sites for hydroxylation is 1. The van der Waals surface area contributed by atoms with Gasteiger partial charge in [-0.15, -0.1) is 0 Å². The summed E-state index contributed by atoms with van der Waals surface area (Å²) in [5.41, 5.74) is -0.220. The standard InChI is InChI=1S/C11H18N4O3/c1-7(2)8-9(15(17)18)10(13(4)12-8)14-5-11(3,16)6-14/h7,16H,5-6H2,1-4H3. The van der Waals surface area contributed by atoms with E-state index in [0.29, 0.717) is 24.6 Å². The number of nitro groups is 1. The molecule has 0 saturated carbocycles. The van der Waals surface area contributed by atoms with Crippen LogP contribution in [0.1, 0.15) is 32.4 Å². The Kier molecular flexibility index (Phi) is 2.81. The van der Waals surface area contributed by atoms with Crippen molar-refractivity contribution in [2.24, 2.45) is 7.05 Å². The molecule has 2 heterocycles. The molecule has 0 atom stereocenters. The van der Waals surface area contributed by atoms with Gasteiger partial charge in [0.2, 0.25) is 5.82 Å². The highest BCUT2D eigenvalue weighted by Crippen LogP contribution is 2.38. The van der Waals surface area contributed by atoms with Gasteiger partial charge in [0, 0.05) is 26.1 Å². The van der Waals surface area contributed by atoms with Crippen LogP contribution in [0.25, 0.3) is 0 Å². The first-order valence-corrected chi connectivity index (χ1v) is 5.91. The van der Waals surface area contributed by atoms with E-state index < -0.39 is 5.60 Å². The molecule has 0 aliphatic carbocycles.